The zero-order valence-electron chi connectivity index (χ0n) is 9.03. The lowest BCUT2D eigenvalue weighted by molar-refractivity contribution is 0.611. The molecule has 0 radical (unpaired) electrons. The molecule has 0 aliphatic carbocycles. The van der Waals surface area contributed by atoms with Crippen LogP contribution in [0.5, 0.6) is 0 Å². The number of hydrogen-bond acceptors (Lipinski definition) is 4. The molecule has 2 rings (SSSR count). The second kappa shape index (κ2) is 4.39. The summed E-state index contributed by atoms with van der Waals surface area (Å²) in [6.45, 7) is 0. The van der Waals surface area contributed by atoms with Gasteiger partial charge in [0.15, 0.2) is 0 Å². The predicted molar refractivity (Wildman–Crippen MR) is 63.1 cm³/mol. The Bertz CT molecular complexity index is 678. The molecule has 0 unspecified atom stereocenters. The quantitative estimate of drug-likeness (QED) is 0.693. The molecular formula is C11H9N3O2S. The molecule has 2 aromatic rings. The molecule has 0 saturated heterocycles. The minimum Gasteiger partial charge on any atom is -0.262 e. The minimum absolute atomic E-state index is 0.541. The van der Waals surface area contributed by atoms with Crippen LogP contribution in [0.25, 0.3) is 5.69 Å². The second-order valence-electron chi connectivity index (χ2n) is 3.38. The molecule has 0 aliphatic rings. The third-order valence-electron chi connectivity index (χ3n) is 1.87. The monoisotopic (exact) mass is 247 g/mol. The molecule has 2 aromatic heterocycles. The molecular weight excluding hydrogens is 238 g/mol. The maximum atomic E-state index is 10.9. The van der Waals surface area contributed by atoms with Crippen molar-refractivity contribution in [1.82, 2.24) is 14.8 Å². The molecule has 6 heteroatoms. The summed E-state index contributed by atoms with van der Waals surface area (Å²) in [6, 6.07) is 3.63. The van der Waals surface area contributed by atoms with Crippen molar-refractivity contribution in [2.24, 2.45) is 0 Å². The van der Waals surface area contributed by atoms with Crippen LogP contribution in [0.3, 0.4) is 0 Å². The normalized spacial score (nSPS) is 10.6. The maximum absolute atomic E-state index is 10.9. The number of hydrogen-bond donors (Lipinski definition) is 0. The zero-order valence-corrected chi connectivity index (χ0v) is 9.85. The molecule has 0 fully saturated rings. The topological polar surface area (TPSA) is 64.8 Å². The fraction of sp³-hybridized carbons (Fsp3) is 0.0909. The van der Waals surface area contributed by atoms with E-state index in [4.69, 9.17) is 0 Å². The van der Waals surface area contributed by atoms with Gasteiger partial charge in [-0.05, 0) is 18.1 Å². The van der Waals surface area contributed by atoms with Gasteiger partial charge in [0.05, 0.1) is 29.9 Å². The van der Waals surface area contributed by atoms with Gasteiger partial charge in [-0.25, -0.2) is 13.1 Å². The Kier molecular flexibility index (Phi) is 2.93. The van der Waals surface area contributed by atoms with Gasteiger partial charge in [0.1, 0.15) is 0 Å². The summed E-state index contributed by atoms with van der Waals surface area (Å²) >= 11 is 0. The second-order valence-corrected chi connectivity index (χ2v) is 5.13. The van der Waals surface area contributed by atoms with Gasteiger partial charge in [-0.2, -0.15) is 5.10 Å². The van der Waals surface area contributed by atoms with Crippen molar-refractivity contribution in [3.05, 3.63) is 42.5 Å². The highest BCUT2D eigenvalue weighted by Crippen LogP contribution is 2.05. The molecule has 5 nitrogen and oxygen atoms in total. The SMILES string of the molecule is CS(=O)(=O)C#Cc1cnn(-c2cccnc2)c1. The van der Waals surface area contributed by atoms with Crippen LogP contribution in [0, 0.1) is 11.2 Å². The van der Waals surface area contributed by atoms with Gasteiger partial charge >= 0.3 is 0 Å². The van der Waals surface area contributed by atoms with E-state index in [1.54, 1.807) is 29.3 Å². The highest BCUT2D eigenvalue weighted by molar-refractivity contribution is 7.95. The van der Waals surface area contributed by atoms with Crippen LogP contribution in [0.2, 0.25) is 0 Å². The van der Waals surface area contributed by atoms with E-state index >= 15 is 0 Å². The predicted octanol–water partition coefficient (Wildman–Crippen LogP) is 0.621. The van der Waals surface area contributed by atoms with Crippen molar-refractivity contribution < 1.29 is 8.42 Å². The lowest BCUT2D eigenvalue weighted by Gasteiger charge is -1.97. The molecule has 0 amide bonds. The smallest absolute Gasteiger partial charge is 0.214 e. The van der Waals surface area contributed by atoms with Crippen LogP contribution < -0.4 is 0 Å². The van der Waals surface area contributed by atoms with Gasteiger partial charge < -0.3 is 0 Å². The summed E-state index contributed by atoms with van der Waals surface area (Å²) in [7, 11) is -3.29. The maximum Gasteiger partial charge on any atom is 0.214 e. The summed E-state index contributed by atoms with van der Waals surface area (Å²) in [5.41, 5.74) is 1.33. The van der Waals surface area contributed by atoms with Crippen molar-refractivity contribution in [1.29, 1.82) is 0 Å². The molecule has 2 heterocycles. The van der Waals surface area contributed by atoms with Gasteiger partial charge in [0.2, 0.25) is 9.84 Å². The van der Waals surface area contributed by atoms with Crippen LogP contribution >= 0.6 is 0 Å². The Morgan fingerprint density at radius 2 is 2.18 bits per heavy atom. The summed E-state index contributed by atoms with van der Waals surface area (Å²) in [5, 5.41) is 6.22. The van der Waals surface area contributed by atoms with E-state index in [2.05, 4.69) is 21.3 Å². The molecule has 0 saturated carbocycles. The van der Waals surface area contributed by atoms with Gasteiger partial charge in [0.25, 0.3) is 0 Å². The molecule has 0 aromatic carbocycles. The van der Waals surface area contributed by atoms with Gasteiger partial charge in [-0.1, -0.05) is 0 Å². The molecule has 0 N–H and O–H groups in total. The van der Waals surface area contributed by atoms with Gasteiger partial charge in [-0.3, -0.25) is 4.98 Å². The van der Waals surface area contributed by atoms with Crippen LogP contribution in [0.15, 0.2) is 36.9 Å². The first-order valence-corrected chi connectivity index (χ1v) is 6.61. The molecule has 0 aliphatic heterocycles. The Labute approximate surface area is 99.0 Å². The highest BCUT2D eigenvalue weighted by atomic mass is 32.2. The van der Waals surface area contributed by atoms with Crippen LogP contribution in [0.4, 0.5) is 0 Å². The molecule has 17 heavy (non-hydrogen) atoms. The highest BCUT2D eigenvalue weighted by Gasteiger charge is 1.99. The molecule has 0 spiro atoms. The first kappa shape index (κ1) is 11.4. The van der Waals surface area contributed by atoms with E-state index in [0.717, 1.165) is 11.9 Å². The number of rotatable bonds is 1. The molecule has 0 bridgehead atoms. The minimum atomic E-state index is -3.29. The van der Waals surface area contributed by atoms with Crippen molar-refractivity contribution in [3.8, 4) is 16.9 Å². The van der Waals surface area contributed by atoms with Gasteiger partial charge in [0, 0.05) is 17.6 Å². The largest absolute Gasteiger partial charge is 0.262 e. The van der Waals surface area contributed by atoms with E-state index in [9.17, 15) is 8.42 Å². The van der Waals surface area contributed by atoms with Crippen LogP contribution in [-0.4, -0.2) is 29.4 Å². The fourth-order valence-electron chi connectivity index (χ4n) is 1.17. The lowest BCUT2D eigenvalue weighted by atomic mass is 10.4. The standard InChI is InChI=1S/C11H9N3O2S/c1-17(15,16)6-4-10-7-13-14(9-10)11-3-2-5-12-8-11/h2-3,5,7-9H,1H3. The molecule has 0 atom stereocenters. The Morgan fingerprint density at radius 3 is 2.82 bits per heavy atom. The van der Waals surface area contributed by atoms with E-state index in [0.29, 0.717) is 5.56 Å². The number of aromatic nitrogens is 3. The van der Waals surface area contributed by atoms with Crippen molar-refractivity contribution in [2.75, 3.05) is 6.26 Å². The Balaban J connectivity index is 2.31. The van der Waals surface area contributed by atoms with E-state index in [-0.39, 0.29) is 0 Å². The lowest BCUT2D eigenvalue weighted by Crippen LogP contribution is -1.93. The van der Waals surface area contributed by atoms with E-state index < -0.39 is 9.84 Å². The Morgan fingerprint density at radius 1 is 1.35 bits per heavy atom. The van der Waals surface area contributed by atoms with E-state index in [1.165, 1.54) is 6.20 Å². The van der Waals surface area contributed by atoms with Crippen LogP contribution in [0.1, 0.15) is 5.56 Å². The average Bonchev–Trinajstić information content (AvgIpc) is 2.75. The van der Waals surface area contributed by atoms with Crippen molar-refractivity contribution >= 4 is 9.84 Å². The number of sulfone groups is 1. The van der Waals surface area contributed by atoms with Crippen molar-refractivity contribution in [2.45, 2.75) is 0 Å². The van der Waals surface area contributed by atoms with E-state index in [1.807, 2.05) is 6.07 Å². The first-order valence-electron chi connectivity index (χ1n) is 4.72. The summed E-state index contributed by atoms with van der Waals surface area (Å²) < 4.78 is 23.3. The first-order chi connectivity index (χ1) is 8.04. The van der Waals surface area contributed by atoms with Gasteiger partial charge in [-0.15, -0.1) is 0 Å². The Hall–Kier alpha value is -2.13. The third kappa shape index (κ3) is 3.16. The van der Waals surface area contributed by atoms with Crippen molar-refractivity contribution in [3.63, 3.8) is 0 Å². The fourth-order valence-corrected chi connectivity index (χ4v) is 1.47. The average molecular weight is 247 g/mol. The summed E-state index contributed by atoms with van der Waals surface area (Å²) in [5.74, 6) is 2.53. The number of nitrogens with zero attached hydrogens (tertiary/aromatic N) is 3. The summed E-state index contributed by atoms with van der Waals surface area (Å²) in [4.78, 5) is 3.96. The number of pyridine rings is 1. The third-order valence-corrected chi connectivity index (χ3v) is 2.35. The van der Waals surface area contributed by atoms with Crippen LogP contribution in [-0.2, 0) is 9.84 Å². The zero-order chi connectivity index (χ0) is 12.3. The summed E-state index contributed by atoms with van der Waals surface area (Å²) in [6.07, 6.45) is 7.53. The molecule has 86 valence electrons.